The first kappa shape index (κ1) is 37.5. The van der Waals surface area contributed by atoms with E-state index in [2.05, 4.69) is 49.9 Å². The summed E-state index contributed by atoms with van der Waals surface area (Å²) in [5.74, 6) is 1.84. The lowest BCUT2D eigenvalue weighted by molar-refractivity contribution is 0.101. The van der Waals surface area contributed by atoms with E-state index in [1.807, 2.05) is 18.5 Å². The molecule has 1 aromatic carbocycles. The molecule has 53 heavy (non-hydrogen) atoms. The lowest BCUT2D eigenvalue weighted by Crippen LogP contribution is -2.30. The molecular formula is C39H46N8O4S2. The third kappa shape index (κ3) is 6.77. The molecule has 6 aromatic rings. The summed E-state index contributed by atoms with van der Waals surface area (Å²) < 4.78 is 12.8. The zero-order chi connectivity index (χ0) is 36.8. The molecular weight excluding hydrogens is 709 g/mol. The molecule has 0 atom stereocenters. The number of nitrogens with one attached hydrogen (secondary N) is 1. The number of H-pyrrole nitrogens is 1. The van der Waals surface area contributed by atoms with Gasteiger partial charge < -0.3 is 30.7 Å². The van der Waals surface area contributed by atoms with E-state index in [4.69, 9.17) is 20.9 Å². The normalized spacial score (nSPS) is 13.6. The Kier molecular flexibility index (Phi) is 10.6. The molecule has 0 amide bonds. The standard InChI is InChI=1S/C20H21N3O3S.C18H21N5OS.CH4/c1-11(24)20-19(21)18-14(8-22-9-17(18)27-20)23-5-4-12-6-15(25-2)16(26-3)7-13(12)10-23;1-9(2)17-11-8-23(5-4-12(11)21-22-17)13-6-20-7-14-15(13)16(19)18(25-14)10(3)24;/h6-9H,4-5,10,21H2,1-3H3;6-7,9H,4-5,8,19H2,1-3H3,(H,21,22);1H4. The number of hydrogen-bond donors (Lipinski definition) is 3. The maximum atomic E-state index is 11.9. The van der Waals surface area contributed by atoms with Crippen molar-refractivity contribution in [2.24, 2.45) is 0 Å². The van der Waals surface area contributed by atoms with Gasteiger partial charge >= 0.3 is 0 Å². The van der Waals surface area contributed by atoms with Crippen LogP contribution in [0.2, 0.25) is 0 Å². The van der Waals surface area contributed by atoms with E-state index in [1.165, 1.54) is 45.1 Å². The van der Waals surface area contributed by atoms with E-state index >= 15 is 0 Å². The van der Waals surface area contributed by atoms with Crippen LogP contribution in [0.5, 0.6) is 11.5 Å². The van der Waals surface area contributed by atoms with Crippen LogP contribution in [-0.4, -0.2) is 59.0 Å². The number of benzene rings is 1. The average Bonchev–Trinajstić information content (AvgIpc) is 3.84. The highest BCUT2D eigenvalue weighted by Gasteiger charge is 2.27. The summed E-state index contributed by atoms with van der Waals surface area (Å²) >= 11 is 2.83. The van der Waals surface area contributed by atoms with Gasteiger partial charge in [-0.05, 0) is 35.6 Å². The summed E-state index contributed by atoms with van der Waals surface area (Å²) in [6, 6.07) is 4.09. The first-order valence-corrected chi connectivity index (χ1v) is 18.8. The third-order valence-electron chi connectivity index (χ3n) is 9.79. The van der Waals surface area contributed by atoms with Gasteiger partial charge in [0.2, 0.25) is 0 Å². The zero-order valence-electron chi connectivity index (χ0n) is 30.1. The Morgan fingerprint density at radius 3 is 1.81 bits per heavy atom. The Bertz CT molecular complexity index is 2340. The van der Waals surface area contributed by atoms with Crippen LogP contribution in [0.15, 0.2) is 36.9 Å². The van der Waals surface area contributed by atoms with E-state index in [1.54, 1.807) is 40.5 Å². The molecule has 0 saturated carbocycles. The van der Waals surface area contributed by atoms with Crippen molar-refractivity contribution in [2.45, 2.75) is 67.0 Å². The van der Waals surface area contributed by atoms with Crippen LogP contribution < -0.4 is 30.7 Å². The highest BCUT2D eigenvalue weighted by atomic mass is 32.1. The Balaban J connectivity index is 0.000000178. The SMILES string of the molecule is C.CC(=O)c1sc2cncc(N3CCc4[nH]nc(C(C)C)c4C3)c2c1N.COc1cc2c(cc1OC)CN(c1cncc3sc(C(C)=O)c(N)c13)CC2. The maximum absolute atomic E-state index is 11.9. The van der Waals surface area contributed by atoms with Gasteiger partial charge in [-0.1, -0.05) is 21.3 Å². The number of ether oxygens (including phenoxy) is 2. The molecule has 0 unspecified atom stereocenters. The fourth-order valence-electron chi connectivity index (χ4n) is 7.21. The lowest BCUT2D eigenvalue weighted by atomic mass is 9.98. The van der Waals surface area contributed by atoms with E-state index in [0.717, 1.165) is 87.8 Å². The fourth-order valence-corrected chi connectivity index (χ4v) is 9.22. The van der Waals surface area contributed by atoms with E-state index in [9.17, 15) is 9.59 Å². The molecule has 0 bridgehead atoms. The van der Waals surface area contributed by atoms with Crippen molar-refractivity contribution in [2.75, 3.05) is 48.6 Å². The van der Waals surface area contributed by atoms with Gasteiger partial charge in [-0.2, -0.15) is 5.10 Å². The van der Waals surface area contributed by atoms with E-state index < -0.39 is 0 Å². The third-order valence-corrected chi connectivity index (χ3v) is 12.3. The zero-order valence-corrected chi connectivity index (χ0v) is 31.8. The quantitative estimate of drug-likeness (QED) is 0.136. The number of methoxy groups -OCH3 is 2. The van der Waals surface area contributed by atoms with Crippen molar-refractivity contribution in [3.05, 3.63) is 74.8 Å². The molecule has 5 N–H and O–H groups in total. The molecule has 0 radical (unpaired) electrons. The maximum Gasteiger partial charge on any atom is 0.171 e. The van der Waals surface area contributed by atoms with Crippen LogP contribution in [-0.2, 0) is 25.9 Å². The van der Waals surface area contributed by atoms with E-state index in [0.29, 0.717) is 27.0 Å². The monoisotopic (exact) mass is 754 g/mol. The smallest absolute Gasteiger partial charge is 0.171 e. The summed E-state index contributed by atoms with van der Waals surface area (Å²) in [6.45, 7) is 10.6. The van der Waals surface area contributed by atoms with Crippen molar-refractivity contribution >= 4 is 77.2 Å². The van der Waals surface area contributed by atoms with Crippen molar-refractivity contribution in [1.82, 2.24) is 20.2 Å². The Hall–Kier alpha value is -5.21. The van der Waals surface area contributed by atoms with Crippen LogP contribution >= 0.6 is 22.7 Å². The second kappa shape index (κ2) is 15.0. The summed E-state index contributed by atoms with van der Waals surface area (Å²) in [5, 5.41) is 9.55. The molecule has 8 rings (SSSR count). The molecule has 2 aliphatic rings. The van der Waals surface area contributed by atoms with Crippen LogP contribution in [0.3, 0.4) is 0 Å². The summed E-state index contributed by atoms with van der Waals surface area (Å²) in [6.07, 6.45) is 9.05. The highest BCUT2D eigenvalue weighted by molar-refractivity contribution is 7.22. The minimum Gasteiger partial charge on any atom is -0.493 e. The van der Waals surface area contributed by atoms with Crippen molar-refractivity contribution in [3.63, 3.8) is 0 Å². The van der Waals surface area contributed by atoms with Crippen LogP contribution in [0.25, 0.3) is 20.2 Å². The van der Waals surface area contributed by atoms with Gasteiger partial charge in [-0.3, -0.25) is 24.7 Å². The molecule has 0 aliphatic carbocycles. The molecule has 14 heteroatoms. The van der Waals surface area contributed by atoms with Crippen LogP contribution in [0, 0.1) is 0 Å². The Labute approximate surface area is 317 Å². The molecule has 0 spiro atoms. The second-order valence-corrected chi connectivity index (χ2v) is 15.5. The number of nitrogen functional groups attached to an aromatic ring is 2. The molecule has 7 heterocycles. The van der Waals surface area contributed by atoms with Gasteiger partial charge in [0.05, 0.1) is 74.2 Å². The van der Waals surface area contributed by atoms with Crippen molar-refractivity contribution in [1.29, 1.82) is 0 Å². The number of rotatable bonds is 7. The fraction of sp³-hybridized carbons (Fsp3) is 0.359. The molecule has 5 aromatic heterocycles. The van der Waals surface area contributed by atoms with E-state index in [-0.39, 0.29) is 19.0 Å². The molecule has 2 aliphatic heterocycles. The Morgan fingerprint density at radius 1 is 0.792 bits per heavy atom. The molecule has 0 fully saturated rings. The predicted octanol–water partition coefficient (Wildman–Crippen LogP) is 7.79. The molecule has 12 nitrogen and oxygen atoms in total. The number of hydrogen-bond acceptors (Lipinski definition) is 13. The number of thiophene rings is 2. The lowest BCUT2D eigenvalue weighted by Gasteiger charge is -2.31. The topological polar surface area (TPSA) is 166 Å². The summed E-state index contributed by atoms with van der Waals surface area (Å²) in [4.78, 5) is 38.3. The van der Waals surface area contributed by atoms with Crippen molar-refractivity contribution < 1.29 is 19.1 Å². The van der Waals surface area contributed by atoms with Gasteiger partial charge in [0.15, 0.2) is 23.1 Å². The number of anilines is 4. The number of aromatic amines is 1. The second-order valence-electron chi connectivity index (χ2n) is 13.4. The Morgan fingerprint density at radius 2 is 1.30 bits per heavy atom. The number of aromatic nitrogens is 4. The minimum atomic E-state index is -0.0135. The van der Waals surface area contributed by atoms with Crippen molar-refractivity contribution in [3.8, 4) is 11.5 Å². The number of carbonyl (C=O) groups is 2. The molecule has 0 saturated heterocycles. The number of ketones is 2. The number of nitrogens with zero attached hydrogens (tertiary/aromatic N) is 5. The molecule has 278 valence electrons. The highest BCUT2D eigenvalue weighted by Crippen LogP contribution is 2.43. The predicted molar refractivity (Wildman–Crippen MR) is 217 cm³/mol. The minimum absolute atomic E-state index is 0. The first-order chi connectivity index (χ1) is 25.0. The number of fused-ring (bicyclic) bond motifs is 4. The number of carbonyl (C=O) groups excluding carboxylic acids is 2. The first-order valence-electron chi connectivity index (χ1n) is 17.1. The average molecular weight is 755 g/mol. The number of pyridine rings is 2. The largest absolute Gasteiger partial charge is 0.493 e. The summed E-state index contributed by atoms with van der Waals surface area (Å²) in [5.41, 5.74) is 21.8. The van der Waals surface area contributed by atoms with Gasteiger partial charge in [-0.25, -0.2) is 0 Å². The van der Waals surface area contributed by atoms with Gasteiger partial charge in [0, 0.05) is 80.9 Å². The van der Waals surface area contributed by atoms with Gasteiger partial charge in [0.1, 0.15) is 0 Å². The number of Topliss-reactive ketones (excluding diaryl/α,β-unsaturated/α-hetero) is 2. The van der Waals surface area contributed by atoms with Gasteiger partial charge in [-0.15, -0.1) is 22.7 Å². The van der Waals surface area contributed by atoms with Crippen LogP contribution in [0.1, 0.15) is 88.5 Å². The van der Waals surface area contributed by atoms with Crippen LogP contribution in [0.4, 0.5) is 22.7 Å². The van der Waals surface area contributed by atoms with Gasteiger partial charge in [0.25, 0.3) is 0 Å². The summed E-state index contributed by atoms with van der Waals surface area (Å²) in [7, 11) is 3.29. The number of nitrogens with two attached hydrogens (primary N) is 2.